The van der Waals surface area contributed by atoms with Gasteiger partial charge in [-0.3, -0.25) is 4.79 Å². The van der Waals surface area contributed by atoms with Gasteiger partial charge in [0, 0.05) is 19.6 Å². The SMILES string of the molecule is COc1ccc(CCNC(=O)C2CCCN(c3ccc4nncn4n3)C2)cc1. The van der Waals surface area contributed by atoms with Crippen molar-refractivity contribution in [1.29, 1.82) is 0 Å². The Bertz CT molecular complexity index is 939. The van der Waals surface area contributed by atoms with Crippen LogP contribution in [0.2, 0.25) is 0 Å². The minimum absolute atomic E-state index is 0.0250. The largest absolute Gasteiger partial charge is 0.497 e. The number of benzene rings is 1. The summed E-state index contributed by atoms with van der Waals surface area (Å²) in [5.41, 5.74) is 1.89. The number of fused-ring (bicyclic) bond motifs is 1. The van der Waals surface area contributed by atoms with E-state index in [-0.39, 0.29) is 11.8 Å². The Morgan fingerprint density at radius 1 is 1.25 bits per heavy atom. The Morgan fingerprint density at radius 3 is 2.93 bits per heavy atom. The van der Waals surface area contributed by atoms with Crippen LogP contribution in [0, 0.1) is 5.92 Å². The molecule has 1 aliphatic rings. The summed E-state index contributed by atoms with van der Waals surface area (Å²) in [7, 11) is 1.66. The fourth-order valence-electron chi connectivity index (χ4n) is 3.55. The highest BCUT2D eigenvalue weighted by Crippen LogP contribution is 2.22. The van der Waals surface area contributed by atoms with Crippen molar-refractivity contribution in [3.05, 3.63) is 48.3 Å². The number of methoxy groups -OCH3 is 1. The van der Waals surface area contributed by atoms with Crippen molar-refractivity contribution in [2.75, 3.05) is 31.6 Å². The number of hydrogen-bond acceptors (Lipinski definition) is 6. The molecule has 1 amide bonds. The van der Waals surface area contributed by atoms with Crippen LogP contribution in [0.1, 0.15) is 18.4 Å². The summed E-state index contributed by atoms with van der Waals surface area (Å²) >= 11 is 0. The second kappa shape index (κ2) is 8.24. The van der Waals surface area contributed by atoms with E-state index in [2.05, 4.69) is 25.5 Å². The summed E-state index contributed by atoms with van der Waals surface area (Å²) < 4.78 is 6.83. The quantitative estimate of drug-likeness (QED) is 0.701. The first-order chi connectivity index (χ1) is 13.7. The van der Waals surface area contributed by atoms with Crippen molar-refractivity contribution in [3.63, 3.8) is 0 Å². The zero-order chi connectivity index (χ0) is 19.3. The van der Waals surface area contributed by atoms with Crippen LogP contribution in [0.5, 0.6) is 5.75 Å². The number of carbonyl (C=O) groups excluding carboxylic acids is 1. The molecule has 3 aromatic rings. The molecule has 1 atom stereocenters. The Labute approximate surface area is 163 Å². The van der Waals surface area contributed by atoms with Gasteiger partial charge < -0.3 is 15.0 Å². The average Bonchev–Trinajstić information content (AvgIpc) is 3.22. The molecule has 1 fully saturated rings. The van der Waals surface area contributed by atoms with E-state index in [9.17, 15) is 4.79 Å². The lowest BCUT2D eigenvalue weighted by molar-refractivity contribution is -0.125. The average molecular weight is 380 g/mol. The van der Waals surface area contributed by atoms with Crippen LogP contribution in [0.15, 0.2) is 42.7 Å². The second-order valence-corrected chi connectivity index (χ2v) is 7.00. The lowest BCUT2D eigenvalue weighted by atomic mass is 9.97. The smallest absolute Gasteiger partial charge is 0.224 e. The number of piperidine rings is 1. The molecule has 0 bridgehead atoms. The van der Waals surface area contributed by atoms with E-state index in [1.165, 1.54) is 5.56 Å². The van der Waals surface area contributed by atoms with E-state index in [1.807, 2.05) is 36.4 Å². The highest BCUT2D eigenvalue weighted by Gasteiger charge is 2.26. The summed E-state index contributed by atoms with van der Waals surface area (Å²) in [4.78, 5) is 14.8. The fraction of sp³-hybridized carbons (Fsp3) is 0.400. The highest BCUT2D eigenvalue weighted by atomic mass is 16.5. The molecule has 1 aliphatic heterocycles. The maximum atomic E-state index is 12.6. The van der Waals surface area contributed by atoms with Gasteiger partial charge in [0.05, 0.1) is 13.0 Å². The zero-order valence-corrected chi connectivity index (χ0v) is 15.9. The number of nitrogens with zero attached hydrogens (tertiary/aromatic N) is 5. The number of nitrogens with one attached hydrogen (secondary N) is 1. The zero-order valence-electron chi connectivity index (χ0n) is 15.9. The van der Waals surface area contributed by atoms with Crippen molar-refractivity contribution in [2.24, 2.45) is 5.92 Å². The molecule has 1 saturated heterocycles. The van der Waals surface area contributed by atoms with Gasteiger partial charge in [0.2, 0.25) is 5.91 Å². The van der Waals surface area contributed by atoms with Gasteiger partial charge in [-0.15, -0.1) is 15.3 Å². The second-order valence-electron chi connectivity index (χ2n) is 7.00. The van der Waals surface area contributed by atoms with Crippen LogP contribution in [0.25, 0.3) is 5.65 Å². The van der Waals surface area contributed by atoms with Gasteiger partial charge in [0.1, 0.15) is 17.9 Å². The van der Waals surface area contributed by atoms with Crippen LogP contribution >= 0.6 is 0 Å². The number of aromatic nitrogens is 4. The third-order valence-electron chi connectivity index (χ3n) is 5.14. The summed E-state index contributed by atoms with van der Waals surface area (Å²) in [5.74, 6) is 1.78. The number of rotatable bonds is 6. The molecule has 0 radical (unpaired) electrons. The molecule has 0 aliphatic carbocycles. The lowest BCUT2D eigenvalue weighted by Gasteiger charge is -2.32. The molecule has 1 N–H and O–H groups in total. The number of hydrogen-bond donors (Lipinski definition) is 1. The lowest BCUT2D eigenvalue weighted by Crippen LogP contribution is -2.43. The Morgan fingerprint density at radius 2 is 2.11 bits per heavy atom. The first-order valence-corrected chi connectivity index (χ1v) is 9.55. The van der Waals surface area contributed by atoms with E-state index in [4.69, 9.17) is 4.74 Å². The van der Waals surface area contributed by atoms with Gasteiger partial charge in [0.25, 0.3) is 0 Å². The molecular formula is C20H24N6O2. The minimum atomic E-state index is -0.0250. The predicted octanol–water partition coefficient (Wildman–Crippen LogP) is 1.71. The number of ether oxygens (including phenoxy) is 1. The van der Waals surface area contributed by atoms with Crippen molar-refractivity contribution < 1.29 is 9.53 Å². The van der Waals surface area contributed by atoms with E-state index < -0.39 is 0 Å². The Balaban J connectivity index is 1.31. The molecule has 146 valence electrons. The topological polar surface area (TPSA) is 84.6 Å². The molecule has 1 unspecified atom stereocenters. The molecule has 0 spiro atoms. The maximum absolute atomic E-state index is 12.6. The molecule has 1 aromatic carbocycles. The molecule has 4 rings (SSSR count). The van der Waals surface area contributed by atoms with Crippen LogP contribution < -0.4 is 15.0 Å². The van der Waals surface area contributed by atoms with Crippen molar-refractivity contribution in [1.82, 2.24) is 25.1 Å². The van der Waals surface area contributed by atoms with Crippen LogP contribution in [-0.4, -0.2) is 52.5 Å². The van der Waals surface area contributed by atoms with E-state index >= 15 is 0 Å². The Kier molecular flexibility index (Phi) is 5.36. The first kappa shape index (κ1) is 18.2. The van der Waals surface area contributed by atoms with Gasteiger partial charge in [-0.1, -0.05) is 12.1 Å². The summed E-state index contributed by atoms with van der Waals surface area (Å²) in [6.07, 6.45) is 4.27. The van der Waals surface area contributed by atoms with Gasteiger partial charge in [0.15, 0.2) is 5.65 Å². The molecular weight excluding hydrogens is 356 g/mol. The van der Waals surface area contributed by atoms with Crippen LogP contribution in [0.3, 0.4) is 0 Å². The monoisotopic (exact) mass is 380 g/mol. The molecule has 28 heavy (non-hydrogen) atoms. The van der Waals surface area contributed by atoms with Crippen molar-refractivity contribution in [3.8, 4) is 5.75 Å². The third kappa shape index (κ3) is 4.05. The normalized spacial score (nSPS) is 16.9. The van der Waals surface area contributed by atoms with Crippen molar-refractivity contribution >= 4 is 17.4 Å². The summed E-state index contributed by atoms with van der Waals surface area (Å²) in [6.45, 7) is 2.21. The fourth-order valence-corrected chi connectivity index (χ4v) is 3.55. The predicted molar refractivity (Wildman–Crippen MR) is 105 cm³/mol. The van der Waals surface area contributed by atoms with E-state index in [0.29, 0.717) is 18.7 Å². The van der Waals surface area contributed by atoms with Gasteiger partial charge in [-0.25, -0.2) is 0 Å². The van der Waals surface area contributed by atoms with Crippen LogP contribution in [0.4, 0.5) is 5.82 Å². The van der Waals surface area contributed by atoms with E-state index in [0.717, 1.165) is 37.4 Å². The standard InChI is InChI=1S/C20H24N6O2/c1-28-17-6-4-15(5-7-17)10-11-21-20(27)16-3-2-12-25(13-16)19-9-8-18-23-22-14-26(18)24-19/h4-9,14,16H,2-3,10-13H2,1H3,(H,21,27). The number of amides is 1. The van der Waals surface area contributed by atoms with Gasteiger partial charge >= 0.3 is 0 Å². The summed E-state index contributed by atoms with van der Waals surface area (Å²) in [6, 6.07) is 11.8. The molecule has 8 nitrogen and oxygen atoms in total. The molecule has 0 saturated carbocycles. The number of carbonyl (C=O) groups is 1. The Hall–Kier alpha value is -3.16. The minimum Gasteiger partial charge on any atom is -0.497 e. The third-order valence-corrected chi connectivity index (χ3v) is 5.14. The van der Waals surface area contributed by atoms with Gasteiger partial charge in [-0.05, 0) is 49.1 Å². The maximum Gasteiger partial charge on any atom is 0.224 e. The van der Waals surface area contributed by atoms with E-state index in [1.54, 1.807) is 18.0 Å². The molecule has 2 aromatic heterocycles. The first-order valence-electron chi connectivity index (χ1n) is 9.55. The molecule has 8 heteroatoms. The molecule has 3 heterocycles. The van der Waals surface area contributed by atoms with Crippen LogP contribution in [-0.2, 0) is 11.2 Å². The van der Waals surface area contributed by atoms with Gasteiger partial charge in [-0.2, -0.15) is 4.52 Å². The highest BCUT2D eigenvalue weighted by molar-refractivity contribution is 5.79. The summed E-state index contributed by atoms with van der Waals surface area (Å²) in [5, 5.41) is 15.5. The van der Waals surface area contributed by atoms with Crippen molar-refractivity contribution in [2.45, 2.75) is 19.3 Å². The number of anilines is 1.